The van der Waals surface area contributed by atoms with E-state index in [1.165, 1.54) is 7.11 Å². The van der Waals surface area contributed by atoms with Crippen molar-refractivity contribution >= 4 is 23.2 Å². The fraction of sp³-hybridized carbons (Fsp3) is 0.364. The Balaban J connectivity index is 3.14. The highest BCUT2D eigenvalue weighted by atomic mass is 35.5. The second-order valence-electron chi connectivity index (χ2n) is 3.21. The molecule has 0 spiro atoms. The molecule has 1 rings (SSSR count). The minimum Gasteiger partial charge on any atom is -0.495 e. The number of halogens is 2. The normalized spacial score (nSPS) is 11.9. The summed E-state index contributed by atoms with van der Waals surface area (Å²) in [7, 11) is 3.30. The van der Waals surface area contributed by atoms with Gasteiger partial charge in [-0.25, -0.2) is 0 Å². The van der Waals surface area contributed by atoms with Crippen molar-refractivity contribution in [2.75, 3.05) is 14.2 Å². The molecule has 1 atom stereocenters. The van der Waals surface area contributed by atoms with E-state index in [1.807, 2.05) is 0 Å². The molecule has 0 radical (unpaired) electrons. The molecule has 3 nitrogen and oxygen atoms in total. The summed E-state index contributed by atoms with van der Waals surface area (Å²) >= 11 is 12.1. The van der Waals surface area contributed by atoms with Gasteiger partial charge in [0.15, 0.2) is 0 Å². The Morgan fingerprint density at radius 2 is 2.12 bits per heavy atom. The number of rotatable bonds is 4. The van der Waals surface area contributed by atoms with Crippen LogP contribution in [0.5, 0.6) is 5.75 Å². The lowest BCUT2D eigenvalue weighted by molar-refractivity contribution is 0.414. The summed E-state index contributed by atoms with van der Waals surface area (Å²) in [5, 5.41) is 12.7. The van der Waals surface area contributed by atoms with Gasteiger partial charge in [-0.1, -0.05) is 23.2 Å². The number of methoxy groups -OCH3 is 1. The predicted molar refractivity (Wildman–Crippen MR) is 65.0 cm³/mol. The zero-order valence-corrected chi connectivity index (χ0v) is 10.6. The summed E-state index contributed by atoms with van der Waals surface area (Å²) in [5.41, 5.74) is 0.802. The van der Waals surface area contributed by atoms with Crippen LogP contribution in [-0.4, -0.2) is 14.2 Å². The fourth-order valence-corrected chi connectivity index (χ4v) is 1.96. The van der Waals surface area contributed by atoms with Gasteiger partial charge in [0.1, 0.15) is 5.75 Å². The third-order valence-corrected chi connectivity index (χ3v) is 2.91. The van der Waals surface area contributed by atoms with E-state index in [4.69, 9.17) is 33.2 Å². The molecule has 16 heavy (non-hydrogen) atoms. The topological polar surface area (TPSA) is 45.0 Å². The third kappa shape index (κ3) is 2.79. The summed E-state index contributed by atoms with van der Waals surface area (Å²) < 4.78 is 5.05. The first-order valence-corrected chi connectivity index (χ1v) is 5.46. The molecule has 0 amide bonds. The van der Waals surface area contributed by atoms with Gasteiger partial charge in [-0.05, 0) is 18.7 Å². The summed E-state index contributed by atoms with van der Waals surface area (Å²) in [6.45, 7) is 0. The van der Waals surface area contributed by atoms with Gasteiger partial charge in [-0.2, -0.15) is 5.26 Å². The maximum Gasteiger partial charge on any atom is 0.138 e. The highest BCUT2D eigenvalue weighted by molar-refractivity contribution is 6.34. The van der Waals surface area contributed by atoms with Gasteiger partial charge >= 0.3 is 0 Å². The quantitative estimate of drug-likeness (QED) is 0.903. The van der Waals surface area contributed by atoms with Crippen LogP contribution in [0.1, 0.15) is 18.0 Å². The molecule has 0 aliphatic carbocycles. The number of hydrogen-bond donors (Lipinski definition) is 1. The molecule has 0 saturated carbocycles. The fourth-order valence-electron chi connectivity index (χ4n) is 1.43. The minimum atomic E-state index is -0.124. The molecule has 0 aliphatic heterocycles. The molecular formula is C11H12Cl2N2O. The minimum absolute atomic E-state index is 0.124. The predicted octanol–water partition coefficient (Wildman–Crippen LogP) is 3.18. The molecule has 5 heteroatoms. The molecule has 0 aliphatic rings. The largest absolute Gasteiger partial charge is 0.495 e. The van der Waals surface area contributed by atoms with Gasteiger partial charge in [0.05, 0.1) is 24.6 Å². The van der Waals surface area contributed by atoms with E-state index in [0.717, 1.165) is 5.56 Å². The second kappa shape index (κ2) is 5.95. The van der Waals surface area contributed by atoms with Crippen molar-refractivity contribution < 1.29 is 4.74 Å². The Morgan fingerprint density at radius 1 is 1.44 bits per heavy atom. The van der Waals surface area contributed by atoms with E-state index < -0.39 is 0 Å². The van der Waals surface area contributed by atoms with Crippen LogP contribution in [0.25, 0.3) is 0 Å². The van der Waals surface area contributed by atoms with Crippen LogP contribution in [0.2, 0.25) is 10.0 Å². The molecule has 86 valence electrons. The van der Waals surface area contributed by atoms with Gasteiger partial charge in [0, 0.05) is 17.1 Å². The third-order valence-electron chi connectivity index (χ3n) is 2.29. The van der Waals surface area contributed by atoms with E-state index in [-0.39, 0.29) is 6.04 Å². The lowest BCUT2D eigenvalue weighted by Crippen LogP contribution is -2.16. The van der Waals surface area contributed by atoms with E-state index in [9.17, 15) is 0 Å². The molecule has 0 bridgehead atoms. The summed E-state index contributed by atoms with van der Waals surface area (Å²) in [6.07, 6.45) is 0.332. The first-order valence-electron chi connectivity index (χ1n) is 4.71. The highest BCUT2D eigenvalue weighted by Crippen LogP contribution is 2.34. The van der Waals surface area contributed by atoms with Crippen molar-refractivity contribution in [2.24, 2.45) is 0 Å². The van der Waals surface area contributed by atoms with Crippen molar-refractivity contribution in [1.82, 2.24) is 5.32 Å². The molecule has 0 heterocycles. The standard InChI is InChI=1S/C11H12Cl2N2O/c1-15-10(3-4-14)7-5-9(13)11(16-2)6-8(7)12/h5-6,10,15H,3H2,1-2H3. The van der Waals surface area contributed by atoms with E-state index in [0.29, 0.717) is 22.2 Å². The molecule has 1 aromatic carbocycles. The zero-order valence-electron chi connectivity index (χ0n) is 9.05. The first-order chi connectivity index (χ1) is 7.63. The van der Waals surface area contributed by atoms with E-state index >= 15 is 0 Å². The smallest absolute Gasteiger partial charge is 0.138 e. The van der Waals surface area contributed by atoms with E-state index in [1.54, 1.807) is 19.2 Å². The van der Waals surface area contributed by atoms with Crippen LogP contribution in [-0.2, 0) is 0 Å². The van der Waals surface area contributed by atoms with Crippen molar-refractivity contribution in [3.05, 3.63) is 27.7 Å². The van der Waals surface area contributed by atoms with Gasteiger partial charge in [-0.3, -0.25) is 0 Å². The summed E-state index contributed by atoms with van der Waals surface area (Å²) in [4.78, 5) is 0. The first kappa shape index (κ1) is 13.1. The molecule has 0 aromatic heterocycles. The van der Waals surface area contributed by atoms with Gasteiger partial charge in [0.2, 0.25) is 0 Å². The SMILES string of the molecule is CNC(CC#N)c1cc(Cl)c(OC)cc1Cl. The number of nitrogens with zero attached hydrogens (tertiary/aromatic N) is 1. The molecule has 1 aromatic rings. The monoisotopic (exact) mass is 258 g/mol. The Morgan fingerprint density at radius 3 is 2.62 bits per heavy atom. The van der Waals surface area contributed by atoms with Crippen LogP contribution >= 0.6 is 23.2 Å². The lowest BCUT2D eigenvalue weighted by Gasteiger charge is -2.16. The Labute approximate surface area is 105 Å². The summed E-state index contributed by atoms with van der Waals surface area (Å²) in [6, 6.07) is 5.35. The Kier molecular flexibility index (Phi) is 4.88. The number of nitrogens with one attached hydrogen (secondary N) is 1. The molecule has 1 unspecified atom stereocenters. The maximum absolute atomic E-state index is 8.70. The van der Waals surface area contributed by atoms with Crippen molar-refractivity contribution in [3.8, 4) is 11.8 Å². The average Bonchev–Trinajstić information content (AvgIpc) is 2.28. The van der Waals surface area contributed by atoms with E-state index in [2.05, 4.69) is 11.4 Å². The highest BCUT2D eigenvalue weighted by Gasteiger charge is 2.15. The van der Waals surface area contributed by atoms with Crippen LogP contribution in [0.3, 0.4) is 0 Å². The number of ether oxygens (including phenoxy) is 1. The Bertz CT molecular complexity index is 415. The number of hydrogen-bond acceptors (Lipinski definition) is 3. The van der Waals surface area contributed by atoms with Gasteiger partial charge in [-0.15, -0.1) is 0 Å². The molecule has 0 saturated heterocycles. The van der Waals surface area contributed by atoms with Crippen LogP contribution in [0, 0.1) is 11.3 Å². The number of benzene rings is 1. The average molecular weight is 259 g/mol. The van der Waals surface area contributed by atoms with Gasteiger partial charge < -0.3 is 10.1 Å². The molecule has 0 fully saturated rings. The molecule has 1 N–H and O–H groups in total. The van der Waals surface area contributed by atoms with Crippen molar-refractivity contribution in [1.29, 1.82) is 5.26 Å². The van der Waals surface area contributed by atoms with Crippen molar-refractivity contribution in [2.45, 2.75) is 12.5 Å². The number of nitriles is 1. The zero-order chi connectivity index (χ0) is 12.1. The van der Waals surface area contributed by atoms with Gasteiger partial charge in [0.25, 0.3) is 0 Å². The van der Waals surface area contributed by atoms with Crippen molar-refractivity contribution in [3.63, 3.8) is 0 Å². The van der Waals surface area contributed by atoms with Crippen LogP contribution in [0.4, 0.5) is 0 Å². The van der Waals surface area contributed by atoms with Crippen LogP contribution < -0.4 is 10.1 Å². The second-order valence-corrected chi connectivity index (χ2v) is 4.03. The van der Waals surface area contributed by atoms with Crippen LogP contribution in [0.15, 0.2) is 12.1 Å². The Hall–Kier alpha value is -0.950. The maximum atomic E-state index is 8.70. The summed E-state index contributed by atoms with van der Waals surface area (Å²) in [5.74, 6) is 0.530. The lowest BCUT2D eigenvalue weighted by atomic mass is 10.0. The molecular weight excluding hydrogens is 247 g/mol.